The lowest BCUT2D eigenvalue weighted by atomic mass is 10.1. The molecule has 1 aromatic carbocycles. The number of benzene rings is 1. The number of aryl methyl sites for hydroxylation is 1. The third-order valence-corrected chi connectivity index (χ3v) is 5.34. The van der Waals surface area contributed by atoms with Gasteiger partial charge in [-0.3, -0.25) is 0 Å². The molecule has 20 heavy (non-hydrogen) atoms. The SMILES string of the molecule is CCCCc1cc(Cl)cc(S(=O)(=O)N(C)C[C@H]2CO2)c1. The second kappa shape index (κ2) is 6.43. The van der Waals surface area contributed by atoms with Crippen LogP contribution in [0.4, 0.5) is 0 Å². The van der Waals surface area contributed by atoms with E-state index in [1.54, 1.807) is 13.1 Å². The van der Waals surface area contributed by atoms with Crippen LogP contribution in [-0.2, 0) is 21.2 Å². The first-order chi connectivity index (χ1) is 9.43. The largest absolute Gasteiger partial charge is 0.372 e. The van der Waals surface area contributed by atoms with E-state index in [1.165, 1.54) is 10.4 Å². The molecule has 0 unspecified atom stereocenters. The maximum Gasteiger partial charge on any atom is 0.242 e. The van der Waals surface area contributed by atoms with E-state index in [0.29, 0.717) is 18.2 Å². The van der Waals surface area contributed by atoms with Gasteiger partial charge in [-0.15, -0.1) is 0 Å². The van der Waals surface area contributed by atoms with E-state index in [4.69, 9.17) is 16.3 Å². The number of likely N-dealkylation sites (N-methyl/N-ethyl adjacent to an activating group) is 1. The Balaban J connectivity index is 2.22. The van der Waals surface area contributed by atoms with E-state index in [2.05, 4.69) is 6.92 Å². The summed E-state index contributed by atoms with van der Waals surface area (Å²) >= 11 is 6.05. The highest BCUT2D eigenvalue weighted by Gasteiger charge is 2.30. The average molecular weight is 318 g/mol. The van der Waals surface area contributed by atoms with Gasteiger partial charge in [-0.1, -0.05) is 24.9 Å². The van der Waals surface area contributed by atoms with Crippen LogP contribution in [0.5, 0.6) is 0 Å². The Morgan fingerprint density at radius 3 is 2.70 bits per heavy atom. The molecule has 1 heterocycles. The van der Waals surface area contributed by atoms with E-state index in [9.17, 15) is 8.42 Å². The first-order valence-electron chi connectivity index (χ1n) is 6.81. The fourth-order valence-corrected chi connectivity index (χ4v) is 3.65. The number of hydrogen-bond donors (Lipinski definition) is 0. The first-order valence-corrected chi connectivity index (χ1v) is 8.62. The maximum absolute atomic E-state index is 12.5. The highest BCUT2D eigenvalue weighted by atomic mass is 35.5. The molecule has 0 spiro atoms. The first kappa shape index (κ1) is 15.8. The van der Waals surface area contributed by atoms with Gasteiger partial charge in [-0.05, 0) is 36.6 Å². The van der Waals surface area contributed by atoms with Crippen molar-refractivity contribution in [2.24, 2.45) is 0 Å². The summed E-state index contributed by atoms with van der Waals surface area (Å²) in [4.78, 5) is 0.263. The van der Waals surface area contributed by atoms with Crippen LogP contribution in [0.3, 0.4) is 0 Å². The molecule has 0 radical (unpaired) electrons. The van der Waals surface area contributed by atoms with Gasteiger partial charge in [0.2, 0.25) is 10.0 Å². The predicted octanol–water partition coefficient (Wildman–Crippen LogP) is 2.70. The molecule has 112 valence electrons. The van der Waals surface area contributed by atoms with Crippen molar-refractivity contribution in [1.82, 2.24) is 4.31 Å². The molecule has 1 saturated heterocycles. The van der Waals surface area contributed by atoms with Crippen molar-refractivity contribution >= 4 is 21.6 Å². The zero-order chi connectivity index (χ0) is 14.8. The molecule has 4 nitrogen and oxygen atoms in total. The van der Waals surface area contributed by atoms with Gasteiger partial charge in [0.15, 0.2) is 0 Å². The monoisotopic (exact) mass is 317 g/mol. The van der Waals surface area contributed by atoms with Crippen LogP contribution in [0.2, 0.25) is 5.02 Å². The molecule has 0 bridgehead atoms. The van der Waals surface area contributed by atoms with Crippen molar-refractivity contribution in [1.29, 1.82) is 0 Å². The quantitative estimate of drug-likeness (QED) is 0.727. The molecule has 1 aromatic rings. The molecule has 1 fully saturated rings. The number of sulfonamides is 1. The molecule has 6 heteroatoms. The van der Waals surface area contributed by atoms with Gasteiger partial charge < -0.3 is 4.74 Å². The van der Waals surface area contributed by atoms with Crippen molar-refractivity contribution in [2.45, 2.75) is 37.2 Å². The summed E-state index contributed by atoms with van der Waals surface area (Å²) in [5, 5.41) is 0.466. The lowest BCUT2D eigenvalue weighted by molar-refractivity contribution is 0.359. The van der Waals surface area contributed by atoms with Crippen LogP contribution in [0.15, 0.2) is 23.1 Å². The van der Waals surface area contributed by atoms with Crippen LogP contribution in [0.1, 0.15) is 25.3 Å². The van der Waals surface area contributed by atoms with Gasteiger partial charge in [0.05, 0.1) is 17.6 Å². The summed E-state index contributed by atoms with van der Waals surface area (Å²) in [6.07, 6.45) is 2.96. The number of nitrogens with zero attached hydrogens (tertiary/aromatic N) is 1. The molecule has 1 aliphatic heterocycles. The van der Waals surface area contributed by atoms with Crippen LogP contribution < -0.4 is 0 Å². The fraction of sp³-hybridized carbons (Fsp3) is 0.571. The summed E-state index contributed by atoms with van der Waals surface area (Å²) in [7, 11) is -1.92. The number of epoxide rings is 1. The van der Waals surface area contributed by atoms with Gasteiger partial charge in [0, 0.05) is 18.6 Å². The van der Waals surface area contributed by atoms with Gasteiger partial charge in [-0.2, -0.15) is 4.31 Å². The molecular weight excluding hydrogens is 298 g/mol. The summed E-state index contributed by atoms with van der Waals surface area (Å²) in [5.41, 5.74) is 0.967. The summed E-state index contributed by atoms with van der Waals surface area (Å²) < 4.78 is 31.4. The van der Waals surface area contributed by atoms with Crippen molar-refractivity contribution in [3.63, 3.8) is 0 Å². The normalized spacial score (nSPS) is 18.5. The molecule has 0 aliphatic carbocycles. The molecule has 0 saturated carbocycles. The Kier molecular flexibility index (Phi) is 5.07. The minimum Gasteiger partial charge on any atom is -0.372 e. The minimum absolute atomic E-state index is 0.0357. The van der Waals surface area contributed by atoms with E-state index < -0.39 is 10.0 Å². The zero-order valence-electron chi connectivity index (χ0n) is 11.8. The van der Waals surface area contributed by atoms with Gasteiger partial charge in [-0.25, -0.2) is 8.42 Å². The van der Waals surface area contributed by atoms with Crippen LogP contribution >= 0.6 is 11.6 Å². The average Bonchev–Trinajstić information content (AvgIpc) is 3.19. The van der Waals surface area contributed by atoms with Crippen molar-refractivity contribution in [3.05, 3.63) is 28.8 Å². The second-order valence-electron chi connectivity index (χ2n) is 5.14. The van der Waals surface area contributed by atoms with Crippen LogP contribution in [0.25, 0.3) is 0 Å². The van der Waals surface area contributed by atoms with Gasteiger partial charge in [0.25, 0.3) is 0 Å². The Hall–Kier alpha value is -0.620. The van der Waals surface area contributed by atoms with E-state index in [1.807, 2.05) is 6.07 Å². The number of unbranched alkanes of at least 4 members (excludes halogenated alkanes) is 1. The summed E-state index contributed by atoms with van der Waals surface area (Å²) in [6, 6.07) is 5.07. The molecule has 0 aromatic heterocycles. The Morgan fingerprint density at radius 1 is 1.40 bits per heavy atom. The fourth-order valence-electron chi connectivity index (χ4n) is 2.03. The van der Waals surface area contributed by atoms with E-state index in [-0.39, 0.29) is 11.0 Å². The number of ether oxygens (including phenoxy) is 1. The van der Waals surface area contributed by atoms with E-state index >= 15 is 0 Å². The second-order valence-corrected chi connectivity index (χ2v) is 7.62. The van der Waals surface area contributed by atoms with Crippen molar-refractivity contribution in [3.8, 4) is 0 Å². The predicted molar refractivity (Wildman–Crippen MR) is 79.6 cm³/mol. The molecule has 0 N–H and O–H groups in total. The molecular formula is C14H20ClNO3S. The Labute approximate surface area is 125 Å². The zero-order valence-corrected chi connectivity index (χ0v) is 13.4. The highest BCUT2D eigenvalue weighted by molar-refractivity contribution is 7.89. The van der Waals surface area contributed by atoms with E-state index in [0.717, 1.165) is 24.8 Å². The Bertz CT molecular complexity index is 570. The molecule has 2 rings (SSSR count). The standard InChI is InChI=1S/C14H20ClNO3S/c1-3-4-5-11-6-12(15)8-14(7-11)20(17,18)16(2)9-13-10-19-13/h6-8,13H,3-5,9-10H2,1-2H3/t13-/m0/s1. The third kappa shape index (κ3) is 3.95. The van der Waals surface area contributed by atoms with Crippen LogP contribution in [0, 0.1) is 0 Å². The summed E-state index contributed by atoms with van der Waals surface area (Å²) in [5.74, 6) is 0. The summed E-state index contributed by atoms with van der Waals surface area (Å²) in [6.45, 7) is 3.13. The third-order valence-electron chi connectivity index (χ3n) is 3.32. The maximum atomic E-state index is 12.5. The van der Waals surface area contributed by atoms with Gasteiger partial charge in [0.1, 0.15) is 0 Å². The lowest BCUT2D eigenvalue weighted by Crippen LogP contribution is -2.30. The highest BCUT2D eigenvalue weighted by Crippen LogP contribution is 2.24. The topological polar surface area (TPSA) is 49.9 Å². The number of halogens is 1. The van der Waals surface area contributed by atoms with Crippen molar-refractivity contribution in [2.75, 3.05) is 20.2 Å². The smallest absolute Gasteiger partial charge is 0.242 e. The van der Waals surface area contributed by atoms with Crippen molar-refractivity contribution < 1.29 is 13.2 Å². The van der Waals surface area contributed by atoms with Gasteiger partial charge >= 0.3 is 0 Å². The molecule has 0 amide bonds. The minimum atomic E-state index is -3.50. The molecule has 1 aliphatic rings. The number of rotatable bonds is 7. The van der Waals surface area contributed by atoms with Crippen LogP contribution in [-0.4, -0.2) is 39.0 Å². The Morgan fingerprint density at radius 2 is 2.10 bits per heavy atom. The number of hydrogen-bond acceptors (Lipinski definition) is 3. The lowest BCUT2D eigenvalue weighted by Gasteiger charge is -2.17. The molecule has 1 atom stereocenters.